The quantitative estimate of drug-likeness (QED) is 0.178. The molecule has 0 N–H and O–H groups in total. The molecule has 0 fully saturated rings. The van der Waals surface area contributed by atoms with Gasteiger partial charge < -0.3 is 14.0 Å². The number of hydrogen-bond acceptors (Lipinski definition) is 3. The van der Waals surface area contributed by atoms with Crippen molar-refractivity contribution in [1.29, 1.82) is 0 Å². The number of ether oxygens (including phenoxy) is 2. The standard InChI is InChI=1S/C27H20BrF4NO3/c1-16-6-11-23(33(16)21-13-18(26(34)35-2)12-19(14-21)27(30,31)32)25-22(28)4-3-5-24(25)36-15-17-7-9-20(29)10-8-17/h3-14H,15H2,1-2H3. The van der Waals surface area contributed by atoms with Crippen LogP contribution in [0.4, 0.5) is 17.6 Å². The van der Waals surface area contributed by atoms with Crippen molar-refractivity contribution in [2.45, 2.75) is 19.7 Å². The highest BCUT2D eigenvalue weighted by Crippen LogP contribution is 2.40. The Morgan fingerprint density at radius 2 is 1.72 bits per heavy atom. The van der Waals surface area contributed by atoms with Gasteiger partial charge in [-0.25, -0.2) is 9.18 Å². The molecular weight excluding hydrogens is 542 g/mol. The van der Waals surface area contributed by atoms with Gasteiger partial charge in [0.15, 0.2) is 0 Å². The van der Waals surface area contributed by atoms with Gasteiger partial charge in [-0.1, -0.05) is 18.2 Å². The Hall–Kier alpha value is -3.59. The van der Waals surface area contributed by atoms with Crippen LogP contribution in [0.2, 0.25) is 0 Å². The van der Waals surface area contributed by atoms with Crippen molar-refractivity contribution in [3.05, 3.63) is 105 Å². The zero-order valence-electron chi connectivity index (χ0n) is 19.2. The molecule has 4 aromatic rings. The lowest BCUT2D eigenvalue weighted by Crippen LogP contribution is -2.11. The summed E-state index contributed by atoms with van der Waals surface area (Å²) in [5.74, 6) is -0.770. The van der Waals surface area contributed by atoms with Crippen LogP contribution >= 0.6 is 15.9 Å². The molecule has 1 aromatic heterocycles. The summed E-state index contributed by atoms with van der Waals surface area (Å²) >= 11 is 3.53. The topological polar surface area (TPSA) is 40.5 Å². The first kappa shape index (κ1) is 25.5. The van der Waals surface area contributed by atoms with Crippen LogP contribution in [-0.4, -0.2) is 17.6 Å². The lowest BCUT2D eigenvalue weighted by atomic mass is 10.1. The van der Waals surface area contributed by atoms with Crippen molar-refractivity contribution in [3.8, 4) is 22.7 Å². The minimum atomic E-state index is -4.67. The monoisotopic (exact) mass is 561 g/mol. The third kappa shape index (κ3) is 5.31. The van der Waals surface area contributed by atoms with Gasteiger partial charge in [0.2, 0.25) is 0 Å². The van der Waals surface area contributed by atoms with Gasteiger partial charge in [0.05, 0.1) is 29.5 Å². The second-order valence-corrected chi connectivity index (χ2v) is 8.84. The lowest BCUT2D eigenvalue weighted by Gasteiger charge is -2.19. The molecule has 4 rings (SSSR count). The summed E-state index contributed by atoms with van der Waals surface area (Å²) in [5.41, 5.74) is 1.48. The van der Waals surface area contributed by atoms with Crippen molar-refractivity contribution < 1.29 is 31.8 Å². The first-order chi connectivity index (χ1) is 17.1. The summed E-state index contributed by atoms with van der Waals surface area (Å²) in [4.78, 5) is 12.2. The molecule has 0 aliphatic rings. The van der Waals surface area contributed by atoms with E-state index in [0.29, 0.717) is 27.2 Å². The maximum atomic E-state index is 13.7. The Bertz CT molecular complexity index is 1410. The van der Waals surface area contributed by atoms with E-state index in [1.165, 1.54) is 18.2 Å². The van der Waals surface area contributed by atoms with E-state index in [1.807, 2.05) is 0 Å². The maximum absolute atomic E-state index is 13.7. The van der Waals surface area contributed by atoms with Crippen LogP contribution < -0.4 is 4.74 Å². The Labute approximate surface area is 213 Å². The van der Waals surface area contributed by atoms with E-state index in [4.69, 9.17) is 4.74 Å². The van der Waals surface area contributed by atoms with Crippen LogP contribution in [0.15, 0.2) is 77.3 Å². The Morgan fingerprint density at radius 3 is 2.39 bits per heavy atom. The molecule has 4 nitrogen and oxygen atoms in total. The van der Waals surface area contributed by atoms with Crippen LogP contribution in [0.3, 0.4) is 0 Å². The fourth-order valence-corrected chi connectivity index (χ4v) is 4.38. The molecule has 1 heterocycles. The number of alkyl halides is 3. The molecule has 3 aromatic carbocycles. The lowest BCUT2D eigenvalue weighted by molar-refractivity contribution is -0.137. The fourth-order valence-electron chi connectivity index (χ4n) is 3.83. The first-order valence-electron chi connectivity index (χ1n) is 10.7. The molecular formula is C27H20BrF4NO3. The van der Waals surface area contributed by atoms with Gasteiger partial charge in [-0.3, -0.25) is 0 Å². The molecule has 9 heteroatoms. The molecule has 0 saturated heterocycles. The van der Waals surface area contributed by atoms with Crippen LogP contribution in [-0.2, 0) is 17.5 Å². The van der Waals surface area contributed by atoms with E-state index < -0.39 is 17.7 Å². The van der Waals surface area contributed by atoms with Crippen LogP contribution in [0, 0.1) is 12.7 Å². The van der Waals surface area contributed by atoms with E-state index in [2.05, 4.69) is 20.7 Å². The van der Waals surface area contributed by atoms with Crippen molar-refractivity contribution in [1.82, 2.24) is 4.57 Å². The number of aromatic nitrogens is 1. The summed E-state index contributed by atoms with van der Waals surface area (Å²) < 4.78 is 67.3. The second-order valence-electron chi connectivity index (χ2n) is 7.98. The van der Waals surface area contributed by atoms with Gasteiger partial charge in [0.1, 0.15) is 18.2 Å². The number of esters is 1. The van der Waals surface area contributed by atoms with E-state index >= 15 is 0 Å². The Balaban J connectivity index is 1.83. The number of benzene rings is 3. The van der Waals surface area contributed by atoms with Crippen LogP contribution in [0.25, 0.3) is 16.9 Å². The van der Waals surface area contributed by atoms with Crippen molar-refractivity contribution in [2.75, 3.05) is 7.11 Å². The number of rotatable bonds is 6. The van der Waals surface area contributed by atoms with Gasteiger partial charge in [0, 0.05) is 15.9 Å². The molecule has 0 amide bonds. The Morgan fingerprint density at radius 1 is 1.00 bits per heavy atom. The third-order valence-corrected chi connectivity index (χ3v) is 6.20. The largest absolute Gasteiger partial charge is 0.488 e. The van der Waals surface area contributed by atoms with Crippen molar-refractivity contribution in [2.24, 2.45) is 0 Å². The van der Waals surface area contributed by atoms with E-state index in [0.717, 1.165) is 24.8 Å². The summed E-state index contributed by atoms with van der Waals surface area (Å²) in [6.07, 6.45) is -4.67. The normalized spacial score (nSPS) is 11.4. The van der Waals surface area contributed by atoms with Crippen molar-refractivity contribution in [3.63, 3.8) is 0 Å². The third-order valence-electron chi connectivity index (χ3n) is 5.54. The average molecular weight is 562 g/mol. The highest BCUT2D eigenvalue weighted by molar-refractivity contribution is 9.10. The average Bonchev–Trinajstić information content (AvgIpc) is 3.23. The van der Waals surface area contributed by atoms with E-state index in [1.54, 1.807) is 54.0 Å². The fraction of sp³-hybridized carbons (Fsp3) is 0.148. The highest BCUT2D eigenvalue weighted by Gasteiger charge is 2.32. The summed E-state index contributed by atoms with van der Waals surface area (Å²) in [7, 11) is 1.11. The van der Waals surface area contributed by atoms with Gasteiger partial charge in [0.25, 0.3) is 0 Å². The van der Waals surface area contributed by atoms with E-state index in [9.17, 15) is 22.4 Å². The number of carbonyl (C=O) groups excluding carboxylic acids is 1. The van der Waals surface area contributed by atoms with Gasteiger partial charge in [-0.15, -0.1) is 0 Å². The number of nitrogens with zero attached hydrogens (tertiary/aromatic N) is 1. The second kappa shape index (κ2) is 10.2. The number of carbonyl (C=O) groups is 1. The molecule has 0 aliphatic heterocycles. The van der Waals surface area contributed by atoms with Crippen LogP contribution in [0.5, 0.6) is 5.75 Å². The van der Waals surface area contributed by atoms with Crippen LogP contribution in [0.1, 0.15) is 27.2 Å². The number of hydrogen-bond donors (Lipinski definition) is 0. The zero-order chi connectivity index (χ0) is 26.0. The molecule has 0 radical (unpaired) electrons. The molecule has 0 atom stereocenters. The maximum Gasteiger partial charge on any atom is 0.416 e. The molecule has 0 spiro atoms. The van der Waals surface area contributed by atoms with Gasteiger partial charge in [-0.05, 0) is 83.0 Å². The summed E-state index contributed by atoms with van der Waals surface area (Å²) in [6.45, 7) is 1.90. The highest BCUT2D eigenvalue weighted by atomic mass is 79.9. The smallest absolute Gasteiger partial charge is 0.416 e. The molecule has 36 heavy (non-hydrogen) atoms. The minimum Gasteiger partial charge on any atom is -0.488 e. The Kier molecular flexibility index (Phi) is 7.21. The predicted octanol–water partition coefficient (Wildman–Crippen LogP) is 7.74. The molecule has 0 unspecified atom stereocenters. The number of methoxy groups -OCH3 is 1. The molecule has 186 valence electrons. The summed E-state index contributed by atoms with van der Waals surface area (Å²) in [5, 5.41) is 0. The minimum absolute atomic E-state index is 0.142. The summed E-state index contributed by atoms with van der Waals surface area (Å²) in [6, 6.07) is 17.8. The van der Waals surface area contributed by atoms with E-state index in [-0.39, 0.29) is 23.7 Å². The molecule has 0 bridgehead atoms. The molecule has 0 saturated carbocycles. The number of aryl methyl sites for hydroxylation is 1. The molecule has 0 aliphatic carbocycles. The van der Waals surface area contributed by atoms with Gasteiger partial charge in [-0.2, -0.15) is 13.2 Å². The zero-order valence-corrected chi connectivity index (χ0v) is 20.8. The number of halogens is 5. The van der Waals surface area contributed by atoms with Gasteiger partial charge >= 0.3 is 12.1 Å². The SMILES string of the molecule is COC(=O)c1cc(-n2c(C)ccc2-c2c(Br)cccc2OCc2ccc(F)cc2)cc(C(F)(F)F)c1. The first-order valence-corrected chi connectivity index (χ1v) is 11.5. The predicted molar refractivity (Wildman–Crippen MR) is 131 cm³/mol. The van der Waals surface area contributed by atoms with Crippen molar-refractivity contribution >= 4 is 21.9 Å².